The Morgan fingerprint density at radius 3 is 2.53 bits per heavy atom. The number of carbonyl (C=O) groups is 1. The van der Waals surface area contributed by atoms with Gasteiger partial charge in [0.2, 0.25) is 0 Å². The van der Waals surface area contributed by atoms with Gasteiger partial charge in [0.05, 0.1) is 25.4 Å². The van der Waals surface area contributed by atoms with Crippen LogP contribution in [0.25, 0.3) is 11.3 Å². The largest absolute Gasteiger partial charge is 0.508 e. The van der Waals surface area contributed by atoms with E-state index in [0.29, 0.717) is 17.1 Å². The molecule has 3 aromatic rings. The summed E-state index contributed by atoms with van der Waals surface area (Å²) in [6.45, 7) is 0.241. The molecular formula is C22H23N3O5. The number of aromatic nitrogens is 2. The minimum Gasteiger partial charge on any atom is -0.508 e. The molecule has 0 bridgehead atoms. The molecule has 30 heavy (non-hydrogen) atoms. The van der Waals surface area contributed by atoms with Crippen molar-refractivity contribution in [3.05, 3.63) is 65.4 Å². The summed E-state index contributed by atoms with van der Waals surface area (Å²) in [7, 11) is 4.68. The molecule has 156 valence electrons. The Balaban J connectivity index is 1.85. The Bertz CT molecular complexity index is 1040. The van der Waals surface area contributed by atoms with E-state index in [4.69, 9.17) is 14.2 Å². The van der Waals surface area contributed by atoms with Gasteiger partial charge in [0.1, 0.15) is 17.2 Å². The van der Waals surface area contributed by atoms with Crippen LogP contribution < -0.4 is 4.74 Å². The molecule has 0 radical (unpaired) electrons. The van der Waals surface area contributed by atoms with Gasteiger partial charge in [-0.1, -0.05) is 12.1 Å². The van der Waals surface area contributed by atoms with Crippen LogP contribution in [-0.2, 0) is 9.47 Å². The van der Waals surface area contributed by atoms with Gasteiger partial charge in [0.15, 0.2) is 6.29 Å². The first kappa shape index (κ1) is 19.9. The summed E-state index contributed by atoms with van der Waals surface area (Å²) in [5, 5.41) is 17.0. The number of amides is 1. The van der Waals surface area contributed by atoms with Crippen molar-refractivity contribution in [3.8, 4) is 22.8 Å². The fourth-order valence-corrected chi connectivity index (χ4v) is 3.79. The number of ether oxygens (including phenoxy) is 3. The predicted octanol–water partition coefficient (Wildman–Crippen LogP) is 2.96. The highest BCUT2D eigenvalue weighted by molar-refractivity contribution is 6.00. The Hall–Kier alpha value is -3.36. The fourth-order valence-electron chi connectivity index (χ4n) is 3.79. The van der Waals surface area contributed by atoms with Gasteiger partial charge in [-0.3, -0.25) is 9.89 Å². The van der Waals surface area contributed by atoms with E-state index in [1.807, 2.05) is 24.3 Å². The first-order valence-corrected chi connectivity index (χ1v) is 9.45. The van der Waals surface area contributed by atoms with Crippen molar-refractivity contribution in [3.63, 3.8) is 0 Å². The van der Waals surface area contributed by atoms with Crippen LogP contribution in [0, 0.1) is 0 Å². The Kier molecular flexibility index (Phi) is 5.43. The number of hydrogen-bond acceptors (Lipinski definition) is 6. The lowest BCUT2D eigenvalue weighted by Crippen LogP contribution is -2.38. The number of phenols is 1. The lowest BCUT2D eigenvalue weighted by Gasteiger charge is -2.29. The molecule has 1 aliphatic heterocycles. The minimum absolute atomic E-state index is 0.163. The summed E-state index contributed by atoms with van der Waals surface area (Å²) >= 11 is 0. The molecule has 1 aliphatic rings. The zero-order valence-corrected chi connectivity index (χ0v) is 17.0. The Morgan fingerprint density at radius 2 is 1.87 bits per heavy atom. The molecule has 8 nitrogen and oxygen atoms in total. The molecule has 1 amide bonds. The summed E-state index contributed by atoms with van der Waals surface area (Å²) < 4.78 is 16.1. The van der Waals surface area contributed by atoms with Crippen LogP contribution in [0.2, 0.25) is 0 Å². The van der Waals surface area contributed by atoms with Crippen molar-refractivity contribution in [1.82, 2.24) is 15.1 Å². The van der Waals surface area contributed by atoms with Gasteiger partial charge in [-0.2, -0.15) is 5.10 Å². The van der Waals surface area contributed by atoms with Crippen molar-refractivity contribution in [2.24, 2.45) is 0 Å². The van der Waals surface area contributed by atoms with Crippen LogP contribution in [0.5, 0.6) is 11.5 Å². The summed E-state index contributed by atoms with van der Waals surface area (Å²) in [5.41, 5.74) is 3.53. The van der Waals surface area contributed by atoms with Crippen LogP contribution >= 0.6 is 0 Å². The monoisotopic (exact) mass is 409 g/mol. The first-order valence-electron chi connectivity index (χ1n) is 9.45. The Labute approximate surface area is 174 Å². The highest BCUT2D eigenvalue weighted by atomic mass is 16.7. The lowest BCUT2D eigenvalue weighted by molar-refractivity contribution is -0.113. The van der Waals surface area contributed by atoms with Crippen molar-refractivity contribution in [2.75, 3.05) is 27.9 Å². The average Bonchev–Trinajstić information content (AvgIpc) is 3.31. The topological polar surface area (TPSA) is 96.9 Å². The van der Waals surface area contributed by atoms with E-state index in [0.717, 1.165) is 16.7 Å². The standard InChI is InChI=1S/C22H23N3O5/c1-28-16-6-4-5-14(11-16)21-18-19(13-7-9-15(26)10-8-13)23-24-20(18)22(27)25(21)12-17(29-2)30-3/h4-11,17,21,26H,12H2,1-3H3,(H,23,24). The molecule has 2 heterocycles. The van der Waals surface area contributed by atoms with Crippen molar-refractivity contribution < 1.29 is 24.1 Å². The van der Waals surface area contributed by atoms with Gasteiger partial charge in [-0.15, -0.1) is 0 Å². The average molecular weight is 409 g/mol. The molecule has 2 N–H and O–H groups in total. The van der Waals surface area contributed by atoms with Gasteiger partial charge in [-0.25, -0.2) is 0 Å². The normalized spacial score (nSPS) is 15.7. The van der Waals surface area contributed by atoms with E-state index in [9.17, 15) is 9.90 Å². The van der Waals surface area contributed by atoms with Crippen molar-refractivity contribution in [1.29, 1.82) is 0 Å². The second kappa shape index (κ2) is 8.17. The van der Waals surface area contributed by atoms with E-state index in [-0.39, 0.29) is 18.2 Å². The SMILES string of the molecule is COc1cccc(C2c3c(-c4ccc(O)cc4)n[nH]c3C(=O)N2CC(OC)OC)c1. The molecule has 4 rings (SSSR count). The second-order valence-corrected chi connectivity index (χ2v) is 6.95. The number of rotatable bonds is 7. The molecule has 1 atom stereocenters. The maximum Gasteiger partial charge on any atom is 0.273 e. The van der Waals surface area contributed by atoms with Crippen molar-refractivity contribution >= 4 is 5.91 Å². The molecule has 0 saturated carbocycles. The molecule has 1 unspecified atom stereocenters. The highest BCUT2D eigenvalue weighted by Crippen LogP contribution is 2.43. The second-order valence-electron chi connectivity index (χ2n) is 6.95. The van der Waals surface area contributed by atoms with Gasteiger partial charge >= 0.3 is 0 Å². The number of nitrogens with zero attached hydrogens (tertiary/aromatic N) is 2. The fraction of sp³-hybridized carbons (Fsp3) is 0.273. The van der Waals surface area contributed by atoms with E-state index in [2.05, 4.69) is 10.2 Å². The number of H-pyrrole nitrogens is 1. The van der Waals surface area contributed by atoms with Crippen LogP contribution in [0.15, 0.2) is 48.5 Å². The summed E-state index contributed by atoms with van der Waals surface area (Å²) in [6.07, 6.45) is -0.573. The minimum atomic E-state index is -0.573. The molecule has 0 spiro atoms. The van der Waals surface area contributed by atoms with Crippen LogP contribution in [-0.4, -0.2) is 60.3 Å². The third kappa shape index (κ3) is 3.40. The quantitative estimate of drug-likeness (QED) is 0.583. The molecule has 0 aliphatic carbocycles. The summed E-state index contributed by atoms with van der Waals surface area (Å²) in [4.78, 5) is 15.0. The molecule has 0 saturated heterocycles. The number of phenolic OH excluding ortho intramolecular Hbond substituents is 1. The van der Waals surface area contributed by atoms with E-state index >= 15 is 0 Å². The third-order valence-electron chi connectivity index (χ3n) is 5.29. The molecule has 8 heteroatoms. The first-order chi connectivity index (χ1) is 14.6. The number of nitrogens with one attached hydrogen (secondary N) is 1. The van der Waals surface area contributed by atoms with Gasteiger partial charge in [0, 0.05) is 25.3 Å². The third-order valence-corrected chi connectivity index (χ3v) is 5.29. The maximum absolute atomic E-state index is 13.3. The summed E-state index contributed by atoms with van der Waals surface area (Å²) in [5.74, 6) is 0.670. The van der Waals surface area contributed by atoms with Crippen LogP contribution in [0.4, 0.5) is 0 Å². The maximum atomic E-state index is 13.3. The van der Waals surface area contributed by atoms with E-state index in [1.54, 1.807) is 36.3 Å². The number of carbonyl (C=O) groups excluding carboxylic acids is 1. The van der Waals surface area contributed by atoms with Crippen LogP contribution in [0.3, 0.4) is 0 Å². The van der Waals surface area contributed by atoms with Crippen molar-refractivity contribution in [2.45, 2.75) is 12.3 Å². The zero-order valence-electron chi connectivity index (χ0n) is 17.0. The smallest absolute Gasteiger partial charge is 0.273 e. The molecular weight excluding hydrogens is 386 g/mol. The number of fused-ring (bicyclic) bond motifs is 1. The highest BCUT2D eigenvalue weighted by Gasteiger charge is 2.43. The van der Waals surface area contributed by atoms with Crippen LogP contribution in [0.1, 0.15) is 27.7 Å². The van der Waals surface area contributed by atoms with Gasteiger partial charge in [-0.05, 0) is 42.0 Å². The number of benzene rings is 2. The molecule has 2 aromatic carbocycles. The number of methoxy groups -OCH3 is 3. The van der Waals surface area contributed by atoms with Gasteiger partial charge in [0.25, 0.3) is 5.91 Å². The zero-order chi connectivity index (χ0) is 21.3. The van der Waals surface area contributed by atoms with E-state index in [1.165, 1.54) is 14.2 Å². The van der Waals surface area contributed by atoms with E-state index < -0.39 is 12.3 Å². The molecule has 0 fully saturated rings. The molecule has 1 aromatic heterocycles. The number of aromatic amines is 1. The lowest BCUT2D eigenvalue weighted by atomic mass is 9.96. The number of hydrogen-bond donors (Lipinski definition) is 2. The Morgan fingerprint density at radius 1 is 1.13 bits per heavy atom. The number of aromatic hydroxyl groups is 1. The predicted molar refractivity (Wildman–Crippen MR) is 109 cm³/mol. The van der Waals surface area contributed by atoms with Gasteiger partial charge < -0.3 is 24.2 Å². The summed E-state index contributed by atoms with van der Waals surface area (Å²) in [6, 6.07) is 13.9.